The van der Waals surface area contributed by atoms with Crippen LogP contribution in [0.25, 0.3) is 11.8 Å². The van der Waals surface area contributed by atoms with Crippen LogP contribution in [-0.2, 0) is 6.42 Å². The van der Waals surface area contributed by atoms with Crippen LogP contribution in [0.5, 0.6) is 5.75 Å². The van der Waals surface area contributed by atoms with Crippen molar-refractivity contribution in [3.63, 3.8) is 0 Å². The number of methoxy groups -OCH3 is 1. The van der Waals surface area contributed by atoms with Gasteiger partial charge in [-0.25, -0.2) is 4.98 Å². The lowest BCUT2D eigenvalue weighted by Gasteiger charge is -2.18. The Hall–Kier alpha value is -3.27. The van der Waals surface area contributed by atoms with Gasteiger partial charge in [-0.1, -0.05) is 36.9 Å². The highest BCUT2D eigenvalue weighted by Gasteiger charge is 2.22. The van der Waals surface area contributed by atoms with E-state index in [0.29, 0.717) is 6.04 Å². The van der Waals surface area contributed by atoms with E-state index in [0.717, 1.165) is 41.1 Å². The quantitative estimate of drug-likeness (QED) is 0.615. The summed E-state index contributed by atoms with van der Waals surface area (Å²) in [6.07, 6.45) is 9.80. The molecule has 0 saturated heterocycles. The maximum absolute atomic E-state index is 5.58. The van der Waals surface area contributed by atoms with E-state index in [9.17, 15) is 0 Å². The molecule has 4 heteroatoms. The second kappa shape index (κ2) is 7.77. The Morgan fingerprint density at radius 3 is 2.93 bits per heavy atom. The van der Waals surface area contributed by atoms with E-state index in [1.54, 1.807) is 19.6 Å². The lowest BCUT2D eigenvalue weighted by molar-refractivity contribution is 0.413. The standard InChI is InChI=1S/C24H25N3O/c1-17(18(2)26-22-10-9-20-6-4-5-7-21(20)22)14-19-8-11-23(24(15-19)28-3)27-13-12-25-16-27/h4-8,11-16,22,26H,2,9-10H2,1,3H3/b17-14+. The van der Waals surface area contributed by atoms with Crippen LogP contribution in [0.1, 0.15) is 36.1 Å². The van der Waals surface area contributed by atoms with Crippen molar-refractivity contribution in [3.8, 4) is 11.4 Å². The van der Waals surface area contributed by atoms with E-state index in [-0.39, 0.29) is 0 Å². The molecule has 4 nitrogen and oxygen atoms in total. The number of hydrogen-bond acceptors (Lipinski definition) is 3. The van der Waals surface area contributed by atoms with E-state index < -0.39 is 0 Å². The SMILES string of the molecule is C=C(NC1CCc2ccccc21)/C(C)=C/c1ccc(-n2ccnc2)c(OC)c1. The monoisotopic (exact) mass is 371 g/mol. The molecule has 1 atom stereocenters. The van der Waals surface area contributed by atoms with Crippen molar-refractivity contribution >= 4 is 6.08 Å². The molecule has 0 aliphatic heterocycles. The molecule has 0 spiro atoms. The molecule has 1 unspecified atom stereocenters. The average Bonchev–Trinajstić information content (AvgIpc) is 3.38. The first-order chi connectivity index (χ1) is 13.7. The third-order valence-corrected chi connectivity index (χ3v) is 5.33. The fraction of sp³-hybridized carbons (Fsp3) is 0.208. The highest BCUT2D eigenvalue weighted by atomic mass is 16.5. The smallest absolute Gasteiger partial charge is 0.143 e. The molecule has 1 N–H and O–H groups in total. The van der Waals surface area contributed by atoms with Crippen LogP contribution in [-0.4, -0.2) is 16.7 Å². The molecule has 0 fully saturated rings. The zero-order chi connectivity index (χ0) is 19.5. The third-order valence-electron chi connectivity index (χ3n) is 5.33. The summed E-state index contributed by atoms with van der Waals surface area (Å²) in [5, 5.41) is 3.61. The second-order valence-corrected chi connectivity index (χ2v) is 7.14. The summed E-state index contributed by atoms with van der Waals surface area (Å²) < 4.78 is 7.52. The minimum Gasteiger partial charge on any atom is -0.495 e. The number of nitrogens with zero attached hydrogens (tertiary/aromatic N) is 2. The first kappa shape index (κ1) is 18.1. The van der Waals surface area contributed by atoms with Gasteiger partial charge in [-0.05, 0) is 60.2 Å². The van der Waals surface area contributed by atoms with Gasteiger partial charge in [0.1, 0.15) is 5.75 Å². The molecule has 1 heterocycles. The summed E-state index contributed by atoms with van der Waals surface area (Å²) in [7, 11) is 1.69. The maximum atomic E-state index is 5.58. The van der Waals surface area contributed by atoms with Gasteiger partial charge < -0.3 is 14.6 Å². The molecular weight excluding hydrogens is 346 g/mol. The third kappa shape index (κ3) is 3.58. The Morgan fingerprint density at radius 2 is 2.14 bits per heavy atom. The van der Waals surface area contributed by atoms with Crippen LogP contribution < -0.4 is 10.1 Å². The fourth-order valence-electron chi connectivity index (χ4n) is 3.77. The van der Waals surface area contributed by atoms with Gasteiger partial charge in [0, 0.05) is 18.1 Å². The number of aromatic nitrogens is 2. The lowest BCUT2D eigenvalue weighted by atomic mass is 10.1. The summed E-state index contributed by atoms with van der Waals surface area (Å²) in [5.41, 5.74) is 6.94. The molecule has 2 aromatic carbocycles. The lowest BCUT2D eigenvalue weighted by Crippen LogP contribution is -2.18. The van der Waals surface area contributed by atoms with Crippen molar-refractivity contribution in [2.45, 2.75) is 25.8 Å². The van der Waals surface area contributed by atoms with Crippen molar-refractivity contribution in [3.05, 3.63) is 95.7 Å². The van der Waals surface area contributed by atoms with Gasteiger partial charge in [0.2, 0.25) is 0 Å². The number of benzene rings is 2. The maximum Gasteiger partial charge on any atom is 0.143 e. The minimum atomic E-state index is 0.338. The van der Waals surface area contributed by atoms with Crippen molar-refractivity contribution < 1.29 is 4.74 Å². The summed E-state index contributed by atoms with van der Waals surface area (Å²) in [6, 6.07) is 15.2. The fourth-order valence-corrected chi connectivity index (χ4v) is 3.77. The van der Waals surface area contributed by atoms with Crippen molar-refractivity contribution in [2.75, 3.05) is 7.11 Å². The summed E-state index contributed by atoms with van der Waals surface area (Å²) in [6.45, 7) is 6.35. The number of nitrogens with one attached hydrogen (secondary N) is 1. The first-order valence-corrected chi connectivity index (χ1v) is 9.54. The average molecular weight is 371 g/mol. The highest BCUT2D eigenvalue weighted by molar-refractivity contribution is 5.62. The van der Waals surface area contributed by atoms with E-state index in [1.165, 1.54) is 11.1 Å². The first-order valence-electron chi connectivity index (χ1n) is 9.54. The van der Waals surface area contributed by atoms with Gasteiger partial charge in [-0.15, -0.1) is 0 Å². The Labute approximate surface area is 166 Å². The van der Waals surface area contributed by atoms with Crippen LogP contribution in [0.2, 0.25) is 0 Å². The molecule has 4 rings (SSSR count). The van der Waals surface area contributed by atoms with Gasteiger partial charge in [0.05, 0.1) is 25.2 Å². The van der Waals surface area contributed by atoms with Gasteiger partial charge >= 0.3 is 0 Å². The van der Waals surface area contributed by atoms with Crippen LogP contribution in [0.15, 0.2) is 79.0 Å². The molecular formula is C24H25N3O. The number of rotatable bonds is 6. The Morgan fingerprint density at radius 1 is 1.29 bits per heavy atom. The predicted octanol–water partition coefficient (Wildman–Crippen LogP) is 5.08. The normalized spacial score (nSPS) is 15.9. The molecule has 0 saturated carbocycles. The number of ether oxygens (including phenoxy) is 1. The number of fused-ring (bicyclic) bond motifs is 1. The van der Waals surface area contributed by atoms with Crippen molar-refractivity contribution in [1.82, 2.24) is 14.9 Å². The van der Waals surface area contributed by atoms with E-state index in [2.05, 4.69) is 60.2 Å². The highest BCUT2D eigenvalue weighted by Crippen LogP contribution is 2.32. The Bertz CT molecular complexity index is 1020. The summed E-state index contributed by atoms with van der Waals surface area (Å²) in [4.78, 5) is 4.11. The van der Waals surface area contributed by atoms with Gasteiger partial charge in [-0.3, -0.25) is 0 Å². The molecule has 1 aromatic heterocycles. The Balaban J connectivity index is 1.51. The number of aryl methyl sites for hydroxylation is 1. The van der Waals surface area contributed by atoms with Crippen molar-refractivity contribution in [2.24, 2.45) is 0 Å². The number of hydrogen-bond donors (Lipinski definition) is 1. The zero-order valence-corrected chi connectivity index (χ0v) is 16.4. The molecule has 142 valence electrons. The summed E-state index contributed by atoms with van der Waals surface area (Å²) in [5.74, 6) is 0.808. The van der Waals surface area contributed by atoms with Gasteiger partial charge in [-0.2, -0.15) is 0 Å². The molecule has 1 aliphatic rings. The molecule has 1 aliphatic carbocycles. The minimum absolute atomic E-state index is 0.338. The topological polar surface area (TPSA) is 39.1 Å². The molecule has 3 aromatic rings. The zero-order valence-electron chi connectivity index (χ0n) is 16.4. The van der Waals surface area contributed by atoms with E-state index in [4.69, 9.17) is 4.74 Å². The van der Waals surface area contributed by atoms with Crippen LogP contribution in [0.3, 0.4) is 0 Å². The van der Waals surface area contributed by atoms with E-state index in [1.807, 2.05) is 22.9 Å². The molecule has 28 heavy (non-hydrogen) atoms. The second-order valence-electron chi connectivity index (χ2n) is 7.14. The van der Waals surface area contributed by atoms with Crippen LogP contribution in [0.4, 0.5) is 0 Å². The van der Waals surface area contributed by atoms with Gasteiger partial charge in [0.15, 0.2) is 0 Å². The van der Waals surface area contributed by atoms with E-state index >= 15 is 0 Å². The molecule has 0 amide bonds. The van der Waals surface area contributed by atoms with Gasteiger partial charge in [0.25, 0.3) is 0 Å². The molecule has 0 bridgehead atoms. The van der Waals surface area contributed by atoms with Crippen molar-refractivity contribution in [1.29, 1.82) is 0 Å². The largest absolute Gasteiger partial charge is 0.495 e. The van der Waals surface area contributed by atoms with Crippen LogP contribution in [0, 0.1) is 0 Å². The van der Waals surface area contributed by atoms with Crippen LogP contribution >= 0.6 is 0 Å². The Kier molecular flexibility index (Phi) is 5.02. The molecule has 0 radical (unpaired) electrons. The predicted molar refractivity (Wildman–Crippen MR) is 114 cm³/mol. The number of imidazole rings is 1. The summed E-state index contributed by atoms with van der Waals surface area (Å²) >= 11 is 0. The number of allylic oxidation sites excluding steroid dienone is 1.